The number of nitrogens with zero attached hydrogens (tertiary/aromatic N) is 3. The van der Waals surface area contributed by atoms with Gasteiger partial charge in [0.15, 0.2) is 0 Å². The zero-order chi connectivity index (χ0) is 19.2. The van der Waals surface area contributed by atoms with Crippen molar-refractivity contribution in [3.8, 4) is 0 Å². The molecule has 1 N–H and O–H groups in total. The number of carboxylic acids is 1. The topological polar surface area (TPSA) is 75.5 Å². The van der Waals surface area contributed by atoms with E-state index in [4.69, 9.17) is 4.74 Å². The van der Waals surface area contributed by atoms with Crippen LogP contribution in [-0.2, 0) is 22.9 Å². The minimum atomic E-state index is -4.51. The normalized spacial score (nSPS) is 19.1. The first-order chi connectivity index (χ1) is 12.8. The zero-order valence-electron chi connectivity index (χ0n) is 14.1. The highest BCUT2D eigenvalue weighted by Gasteiger charge is 2.43. The number of carbonyl (C=O) groups is 1. The molecule has 27 heavy (non-hydrogen) atoms. The molecule has 0 unspecified atom stereocenters. The average molecular weight is 399 g/mol. The highest BCUT2D eigenvalue weighted by molar-refractivity contribution is 7.14. The number of ether oxygens (including phenoxy) is 1. The van der Waals surface area contributed by atoms with Crippen LogP contribution in [0.25, 0.3) is 0 Å². The Kier molecular flexibility index (Phi) is 4.34. The molecule has 2 aromatic heterocycles. The fourth-order valence-electron chi connectivity index (χ4n) is 3.63. The first kappa shape index (κ1) is 18.2. The standard InChI is InChI=1S/C17H16F3N3O3S/c18-17(19,20)12-1-5-21-15(22-12)23-6-3-16(4-7-23)13-10(2-8-26-16)9-11(27-13)14(24)25/h1,5,9H,2-4,6-8H2,(H,24,25). The molecule has 6 nitrogen and oxygen atoms in total. The van der Waals surface area contributed by atoms with Crippen LogP contribution in [0.15, 0.2) is 18.3 Å². The highest BCUT2D eigenvalue weighted by atomic mass is 32.1. The van der Waals surface area contributed by atoms with Gasteiger partial charge in [-0.05, 0) is 37.0 Å². The first-order valence-electron chi connectivity index (χ1n) is 8.44. The van der Waals surface area contributed by atoms with Crippen molar-refractivity contribution in [3.05, 3.63) is 39.3 Å². The van der Waals surface area contributed by atoms with Crippen LogP contribution in [0.4, 0.5) is 19.1 Å². The Morgan fingerprint density at radius 2 is 2.07 bits per heavy atom. The van der Waals surface area contributed by atoms with E-state index in [-0.39, 0.29) is 10.8 Å². The number of aromatic nitrogens is 2. The van der Waals surface area contributed by atoms with Gasteiger partial charge in [-0.15, -0.1) is 11.3 Å². The molecule has 4 rings (SSSR count). The minimum Gasteiger partial charge on any atom is -0.477 e. The second-order valence-corrected chi connectivity index (χ2v) is 7.64. The van der Waals surface area contributed by atoms with Gasteiger partial charge >= 0.3 is 12.1 Å². The number of piperidine rings is 1. The number of rotatable bonds is 2. The van der Waals surface area contributed by atoms with Crippen LogP contribution < -0.4 is 4.90 Å². The Morgan fingerprint density at radius 3 is 2.74 bits per heavy atom. The number of hydrogen-bond donors (Lipinski definition) is 1. The lowest BCUT2D eigenvalue weighted by Gasteiger charge is -2.43. The summed E-state index contributed by atoms with van der Waals surface area (Å²) in [5, 5.41) is 9.26. The largest absolute Gasteiger partial charge is 0.477 e. The van der Waals surface area contributed by atoms with E-state index in [2.05, 4.69) is 9.97 Å². The molecular formula is C17H16F3N3O3S. The van der Waals surface area contributed by atoms with Crippen molar-refractivity contribution in [2.45, 2.75) is 31.0 Å². The summed E-state index contributed by atoms with van der Waals surface area (Å²) in [4.78, 5) is 21.8. The molecule has 0 atom stereocenters. The van der Waals surface area contributed by atoms with Gasteiger partial charge in [0.25, 0.3) is 0 Å². The van der Waals surface area contributed by atoms with E-state index in [1.165, 1.54) is 11.3 Å². The van der Waals surface area contributed by atoms with Gasteiger partial charge in [-0.25, -0.2) is 14.8 Å². The summed E-state index contributed by atoms with van der Waals surface area (Å²) in [6, 6.07) is 2.55. The van der Waals surface area contributed by atoms with Crippen LogP contribution in [0.1, 0.15) is 38.6 Å². The third kappa shape index (κ3) is 3.27. The van der Waals surface area contributed by atoms with Crippen LogP contribution in [0.5, 0.6) is 0 Å². The van der Waals surface area contributed by atoms with Gasteiger partial charge in [-0.1, -0.05) is 0 Å². The molecule has 2 aliphatic rings. The molecule has 1 spiro atoms. The minimum absolute atomic E-state index is 0.0492. The fourth-order valence-corrected chi connectivity index (χ4v) is 4.87. The predicted molar refractivity (Wildman–Crippen MR) is 91.1 cm³/mol. The second-order valence-electron chi connectivity index (χ2n) is 6.59. The van der Waals surface area contributed by atoms with E-state index in [1.807, 2.05) is 0 Å². The van der Waals surface area contributed by atoms with Crippen molar-refractivity contribution in [1.82, 2.24) is 9.97 Å². The van der Waals surface area contributed by atoms with E-state index in [9.17, 15) is 23.1 Å². The summed E-state index contributed by atoms with van der Waals surface area (Å²) >= 11 is 1.23. The maximum absolute atomic E-state index is 12.9. The number of thiophene rings is 1. The molecule has 0 aromatic carbocycles. The maximum Gasteiger partial charge on any atom is 0.433 e. The van der Waals surface area contributed by atoms with Crippen molar-refractivity contribution in [2.24, 2.45) is 0 Å². The Morgan fingerprint density at radius 1 is 1.33 bits per heavy atom. The molecule has 1 saturated heterocycles. The van der Waals surface area contributed by atoms with E-state index in [0.717, 1.165) is 22.7 Å². The van der Waals surface area contributed by atoms with Gasteiger partial charge in [0.05, 0.1) is 6.61 Å². The molecule has 0 aliphatic carbocycles. The number of aromatic carboxylic acids is 1. The molecule has 0 amide bonds. The van der Waals surface area contributed by atoms with E-state index in [1.54, 1.807) is 11.0 Å². The van der Waals surface area contributed by atoms with Crippen molar-refractivity contribution >= 4 is 23.3 Å². The molecule has 10 heteroatoms. The number of halogens is 3. The van der Waals surface area contributed by atoms with Crippen molar-refractivity contribution in [3.63, 3.8) is 0 Å². The van der Waals surface area contributed by atoms with Crippen LogP contribution in [0, 0.1) is 0 Å². The molecule has 2 aromatic rings. The Balaban J connectivity index is 1.56. The molecule has 4 heterocycles. The summed E-state index contributed by atoms with van der Waals surface area (Å²) in [6.45, 7) is 1.37. The lowest BCUT2D eigenvalue weighted by atomic mass is 9.85. The summed E-state index contributed by atoms with van der Waals surface area (Å²) in [7, 11) is 0. The highest BCUT2D eigenvalue weighted by Crippen LogP contribution is 2.45. The third-order valence-electron chi connectivity index (χ3n) is 4.97. The number of anilines is 1. The van der Waals surface area contributed by atoms with Crippen LogP contribution in [0.3, 0.4) is 0 Å². The van der Waals surface area contributed by atoms with E-state index < -0.39 is 23.4 Å². The Labute approximate surface area is 156 Å². The number of hydrogen-bond acceptors (Lipinski definition) is 6. The molecule has 0 bridgehead atoms. The van der Waals surface area contributed by atoms with Gasteiger partial charge in [-0.2, -0.15) is 13.2 Å². The van der Waals surface area contributed by atoms with E-state index in [0.29, 0.717) is 39.0 Å². The smallest absolute Gasteiger partial charge is 0.433 e. The maximum atomic E-state index is 12.9. The number of alkyl halides is 3. The molecule has 144 valence electrons. The first-order valence-corrected chi connectivity index (χ1v) is 9.26. The average Bonchev–Trinajstić information content (AvgIpc) is 3.08. The summed E-state index contributed by atoms with van der Waals surface area (Å²) in [5.41, 5.74) is -0.551. The SMILES string of the molecule is O=C(O)c1cc2c(s1)C1(CCN(c3nccc(C(F)(F)F)n3)CC1)OCC2. The van der Waals surface area contributed by atoms with Crippen molar-refractivity contribution in [1.29, 1.82) is 0 Å². The van der Waals surface area contributed by atoms with E-state index >= 15 is 0 Å². The second kappa shape index (κ2) is 6.45. The van der Waals surface area contributed by atoms with Gasteiger partial charge in [0.1, 0.15) is 16.2 Å². The van der Waals surface area contributed by atoms with Crippen LogP contribution >= 0.6 is 11.3 Å². The van der Waals surface area contributed by atoms with Crippen LogP contribution in [-0.4, -0.2) is 40.7 Å². The predicted octanol–water partition coefficient (Wildman–Crippen LogP) is 3.32. The summed E-state index contributed by atoms with van der Waals surface area (Å²) < 4.78 is 44.7. The lowest BCUT2D eigenvalue weighted by molar-refractivity contribution is -0.141. The summed E-state index contributed by atoms with van der Waals surface area (Å²) in [6.07, 6.45) is -1.65. The van der Waals surface area contributed by atoms with Crippen molar-refractivity contribution in [2.75, 3.05) is 24.6 Å². The Bertz CT molecular complexity index is 876. The number of carboxylic acid groups (broad SMARTS) is 1. The third-order valence-corrected chi connectivity index (χ3v) is 6.32. The van der Waals surface area contributed by atoms with Gasteiger partial charge in [-0.3, -0.25) is 0 Å². The summed E-state index contributed by atoms with van der Waals surface area (Å²) in [5.74, 6) is -0.910. The molecule has 0 radical (unpaired) electrons. The van der Waals surface area contributed by atoms with Gasteiger partial charge < -0.3 is 14.7 Å². The lowest BCUT2D eigenvalue weighted by Crippen LogP contribution is -2.46. The fraction of sp³-hybridized carbons (Fsp3) is 0.471. The monoisotopic (exact) mass is 399 g/mol. The Hall–Kier alpha value is -2.20. The number of fused-ring (bicyclic) bond motifs is 2. The van der Waals surface area contributed by atoms with Gasteiger partial charge in [0.2, 0.25) is 5.95 Å². The molecule has 0 saturated carbocycles. The molecule has 2 aliphatic heterocycles. The zero-order valence-corrected chi connectivity index (χ0v) is 14.9. The van der Waals surface area contributed by atoms with Crippen LogP contribution in [0.2, 0.25) is 0 Å². The van der Waals surface area contributed by atoms with Crippen molar-refractivity contribution < 1.29 is 27.8 Å². The quantitative estimate of drug-likeness (QED) is 0.835. The molecule has 1 fully saturated rings. The molecular weight excluding hydrogens is 383 g/mol. The van der Waals surface area contributed by atoms with Gasteiger partial charge in [0, 0.05) is 24.2 Å².